The van der Waals surface area contributed by atoms with E-state index in [1.54, 1.807) is 0 Å². The zero-order valence-corrected chi connectivity index (χ0v) is 47.8. The number of ether oxygens (including phenoxy) is 1. The summed E-state index contributed by atoms with van der Waals surface area (Å²) in [6, 6.07) is -0.537. The monoisotopic (exact) mass is 990 g/mol. The van der Waals surface area contributed by atoms with Gasteiger partial charge in [0.2, 0.25) is 5.91 Å². The second-order valence-electron chi connectivity index (χ2n) is 22.5. The number of aliphatic hydroxyl groups excluding tert-OH is 2. The summed E-state index contributed by atoms with van der Waals surface area (Å²) in [5, 5.41) is 23.3. The fraction of sp³-hybridized carbons (Fsp3) is 0.969. The van der Waals surface area contributed by atoms with Gasteiger partial charge in [-0.15, -0.1) is 0 Å². The number of aliphatic hydroxyl groups is 2. The molecule has 3 N–H and O–H groups in total. The number of hydrogen-bond acceptors (Lipinski definition) is 5. The van der Waals surface area contributed by atoms with Gasteiger partial charge in [0.15, 0.2) is 0 Å². The number of hydrogen-bond donors (Lipinski definition) is 3. The van der Waals surface area contributed by atoms with E-state index in [4.69, 9.17) is 4.74 Å². The number of carbonyl (C=O) groups excluding carboxylic acids is 2. The third-order valence-electron chi connectivity index (χ3n) is 15.4. The Kier molecular flexibility index (Phi) is 59.4. The number of rotatable bonds is 61. The molecule has 6 heteroatoms. The molecule has 0 saturated heterocycles. The summed E-state index contributed by atoms with van der Waals surface area (Å²) in [5.74, 6) is -0.00958. The first-order valence-electron chi connectivity index (χ1n) is 32.3. The molecule has 0 aromatic carbocycles. The van der Waals surface area contributed by atoms with Crippen LogP contribution in [-0.4, -0.2) is 47.4 Å². The van der Waals surface area contributed by atoms with E-state index < -0.39 is 12.1 Å². The quantitative estimate of drug-likeness (QED) is 0.0417. The van der Waals surface area contributed by atoms with Crippen molar-refractivity contribution in [2.45, 2.75) is 386 Å². The molecule has 1 amide bonds. The standard InChI is InChI=1S/C64H127NO5/c1-3-5-7-9-11-13-15-16-33-37-40-44-48-52-56-62(67)61(60-66)65-63(68)57-53-49-45-41-38-34-31-29-27-25-23-21-19-17-18-20-22-24-26-28-30-32-35-39-43-47-51-55-59-70-64(69)58-54-50-46-42-36-14-12-10-8-6-4-2/h61-62,66-67H,3-60H2,1-2H3,(H,65,68). The summed E-state index contributed by atoms with van der Waals surface area (Å²) in [6.07, 6.45) is 71.3. The van der Waals surface area contributed by atoms with Crippen molar-refractivity contribution >= 4 is 11.9 Å². The van der Waals surface area contributed by atoms with Crippen LogP contribution in [0.3, 0.4) is 0 Å². The molecule has 0 aromatic rings. The first-order valence-corrected chi connectivity index (χ1v) is 32.3. The Balaban J connectivity index is 3.32. The molecule has 6 nitrogen and oxygen atoms in total. The molecule has 0 fully saturated rings. The average Bonchev–Trinajstić information content (AvgIpc) is 3.36. The highest BCUT2D eigenvalue weighted by Crippen LogP contribution is 2.19. The highest BCUT2D eigenvalue weighted by Gasteiger charge is 2.20. The lowest BCUT2D eigenvalue weighted by Gasteiger charge is -2.22. The molecule has 0 aliphatic heterocycles. The molecular weight excluding hydrogens is 863 g/mol. The molecule has 0 saturated carbocycles. The van der Waals surface area contributed by atoms with Gasteiger partial charge in [-0.2, -0.15) is 0 Å². The summed E-state index contributed by atoms with van der Waals surface area (Å²) < 4.78 is 5.47. The minimum absolute atomic E-state index is 0.0193. The number of carbonyl (C=O) groups is 2. The molecule has 418 valence electrons. The van der Waals surface area contributed by atoms with Gasteiger partial charge in [0.25, 0.3) is 0 Å². The lowest BCUT2D eigenvalue weighted by Crippen LogP contribution is -2.45. The number of esters is 1. The smallest absolute Gasteiger partial charge is 0.305 e. The maximum atomic E-state index is 12.5. The van der Waals surface area contributed by atoms with Crippen molar-refractivity contribution in [2.75, 3.05) is 13.2 Å². The summed E-state index contributed by atoms with van der Waals surface area (Å²) in [6.45, 7) is 4.98. The first kappa shape index (κ1) is 68.9. The highest BCUT2D eigenvalue weighted by molar-refractivity contribution is 5.76. The molecule has 0 radical (unpaired) electrons. The van der Waals surface area contributed by atoms with Crippen LogP contribution in [0.2, 0.25) is 0 Å². The summed E-state index contributed by atoms with van der Waals surface area (Å²) in [5.41, 5.74) is 0. The van der Waals surface area contributed by atoms with Crippen LogP contribution in [0.1, 0.15) is 373 Å². The van der Waals surface area contributed by atoms with E-state index in [1.165, 1.54) is 302 Å². The Morgan fingerprint density at radius 3 is 0.871 bits per heavy atom. The molecule has 0 aliphatic carbocycles. The van der Waals surface area contributed by atoms with Crippen molar-refractivity contribution in [3.8, 4) is 0 Å². The van der Waals surface area contributed by atoms with Gasteiger partial charge in [0.1, 0.15) is 0 Å². The predicted octanol–water partition coefficient (Wildman–Crippen LogP) is 20.3. The van der Waals surface area contributed by atoms with E-state index in [1.807, 2.05) is 0 Å². The first-order chi connectivity index (χ1) is 34.5. The van der Waals surface area contributed by atoms with Gasteiger partial charge >= 0.3 is 5.97 Å². The van der Waals surface area contributed by atoms with Crippen molar-refractivity contribution in [1.82, 2.24) is 5.32 Å². The van der Waals surface area contributed by atoms with E-state index in [0.717, 1.165) is 38.5 Å². The predicted molar refractivity (Wildman–Crippen MR) is 306 cm³/mol. The van der Waals surface area contributed by atoms with Crippen molar-refractivity contribution in [1.29, 1.82) is 0 Å². The van der Waals surface area contributed by atoms with Gasteiger partial charge in [0, 0.05) is 12.8 Å². The fourth-order valence-electron chi connectivity index (χ4n) is 10.5. The van der Waals surface area contributed by atoms with E-state index in [-0.39, 0.29) is 18.5 Å². The molecule has 2 unspecified atom stereocenters. The SMILES string of the molecule is CCCCCCCCCCCCCCCCC(O)C(CO)NC(=O)CCCCCCCCCCCCCCCCCCCCCCCCCCCCCCOC(=O)CCCCCCCCCCCCC. The molecule has 70 heavy (non-hydrogen) atoms. The molecule has 0 spiro atoms. The van der Waals surface area contributed by atoms with Crippen LogP contribution in [0.5, 0.6) is 0 Å². The fourth-order valence-corrected chi connectivity index (χ4v) is 10.5. The van der Waals surface area contributed by atoms with E-state index >= 15 is 0 Å². The van der Waals surface area contributed by atoms with Gasteiger partial charge in [-0.05, 0) is 25.7 Å². The maximum Gasteiger partial charge on any atom is 0.305 e. The second-order valence-corrected chi connectivity index (χ2v) is 22.5. The Bertz CT molecular complexity index is 1010. The summed E-state index contributed by atoms with van der Waals surface area (Å²) in [4.78, 5) is 24.5. The highest BCUT2D eigenvalue weighted by atomic mass is 16.5. The van der Waals surface area contributed by atoms with Crippen LogP contribution < -0.4 is 5.32 Å². The third kappa shape index (κ3) is 56.2. The molecule has 0 heterocycles. The number of unbranched alkanes of at least 4 members (excludes halogenated alkanes) is 50. The normalized spacial score (nSPS) is 12.5. The number of amides is 1. The van der Waals surface area contributed by atoms with Crippen LogP contribution in [-0.2, 0) is 14.3 Å². The maximum absolute atomic E-state index is 12.5. The van der Waals surface area contributed by atoms with E-state index in [9.17, 15) is 19.8 Å². The topological polar surface area (TPSA) is 95.9 Å². The van der Waals surface area contributed by atoms with Gasteiger partial charge in [-0.3, -0.25) is 9.59 Å². The van der Waals surface area contributed by atoms with Crippen LogP contribution in [0, 0.1) is 0 Å². The zero-order chi connectivity index (χ0) is 50.7. The molecule has 0 aromatic heterocycles. The van der Waals surface area contributed by atoms with Gasteiger partial charge < -0.3 is 20.3 Å². The Labute approximate surface area is 438 Å². The molecular formula is C64H127NO5. The molecule has 2 atom stereocenters. The van der Waals surface area contributed by atoms with Crippen LogP contribution in [0.25, 0.3) is 0 Å². The molecule has 0 aliphatic rings. The van der Waals surface area contributed by atoms with Crippen LogP contribution >= 0.6 is 0 Å². The van der Waals surface area contributed by atoms with Crippen molar-refractivity contribution in [3.63, 3.8) is 0 Å². The van der Waals surface area contributed by atoms with Gasteiger partial charge in [-0.25, -0.2) is 0 Å². The van der Waals surface area contributed by atoms with Crippen LogP contribution in [0.15, 0.2) is 0 Å². The zero-order valence-electron chi connectivity index (χ0n) is 47.8. The Morgan fingerprint density at radius 1 is 0.343 bits per heavy atom. The van der Waals surface area contributed by atoms with Gasteiger partial charge in [0.05, 0.1) is 25.4 Å². The van der Waals surface area contributed by atoms with E-state index in [2.05, 4.69) is 19.2 Å². The van der Waals surface area contributed by atoms with Crippen molar-refractivity contribution < 1.29 is 24.5 Å². The largest absolute Gasteiger partial charge is 0.466 e. The molecule has 0 bridgehead atoms. The Hall–Kier alpha value is -1.14. The summed E-state index contributed by atoms with van der Waals surface area (Å²) in [7, 11) is 0. The van der Waals surface area contributed by atoms with Crippen LogP contribution in [0.4, 0.5) is 0 Å². The molecule has 0 rings (SSSR count). The van der Waals surface area contributed by atoms with Crippen molar-refractivity contribution in [3.05, 3.63) is 0 Å². The third-order valence-corrected chi connectivity index (χ3v) is 15.4. The van der Waals surface area contributed by atoms with Crippen molar-refractivity contribution in [2.24, 2.45) is 0 Å². The minimum Gasteiger partial charge on any atom is -0.466 e. The lowest BCUT2D eigenvalue weighted by atomic mass is 10.0. The van der Waals surface area contributed by atoms with E-state index in [0.29, 0.717) is 25.9 Å². The van der Waals surface area contributed by atoms with Gasteiger partial charge in [-0.1, -0.05) is 335 Å². The Morgan fingerprint density at radius 2 is 0.586 bits per heavy atom. The average molecular weight is 991 g/mol. The number of nitrogens with one attached hydrogen (secondary N) is 1. The minimum atomic E-state index is -0.660. The summed E-state index contributed by atoms with van der Waals surface area (Å²) >= 11 is 0. The second kappa shape index (κ2) is 60.4. The lowest BCUT2D eigenvalue weighted by molar-refractivity contribution is -0.143.